The molecule has 2 atom stereocenters. The summed E-state index contributed by atoms with van der Waals surface area (Å²) in [5, 5.41) is 4.29. The Balaban J connectivity index is 2.10. The molecule has 2 rings (SSSR count). The fraction of sp³-hybridized carbons (Fsp3) is 0.647. The molecule has 21 heavy (non-hydrogen) atoms. The normalized spacial score (nSPS) is 23.9. The number of anilines is 1. The zero-order chi connectivity index (χ0) is 15.6. The number of likely N-dealkylation sites (N-methyl/N-ethyl adjacent to an activating group) is 1. The maximum atomic E-state index is 6.53. The molecule has 1 fully saturated rings. The van der Waals surface area contributed by atoms with Gasteiger partial charge >= 0.3 is 0 Å². The van der Waals surface area contributed by atoms with Crippen LogP contribution in [-0.2, 0) is 6.54 Å². The Morgan fingerprint density at radius 2 is 1.86 bits per heavy atom. The monoisotopic (exact) mass is 309 g/mol. The molecular weight excluding hydrogens is 282 g/mol. The molecular formula is C17H28ClN3. The van der Waals surface area contributed by atoms with Crippen molar-refractivity contribution in [1.29, 1.82) is 0 Å². The Hall–Kier alpha value is -0.770. The van der Waals surface area contributed by atoms with Crippen LogP contribution in [0.25, 0.3) is 0 Å². The molecule has 1 heterocycles. The van der Waals surface area contributed by atoms with Gasteiger partial charge in [-0.15, -0.1) is 0 Å². The van der Waals surface area contributed by atoms with Crippen molar-refractivity contribution in [3.63, 3.8) is 0 Å². The van der Waals surface area contributed by atoms with Crippen molar-refractivity contribution in [2.75, 3.05) is 25.0 Å². The molecule has 1 aromatic carbocycles. The lowest BCUT2D eigenvalue weighted by Crippen LogP contribution is -2.55. The van der Waals surface area contributed by atoms with Crippen LogP contribution < -0.4 is 10.2 Å². The van der Waals surface area contributed by atoms with E-state index in [-0.39, 0.29) is 0 Å². The molecule has 1 N–H and O–H groups in total. The first-order chi connectivity index (χ1) is 9.88. The topological polar surface area (TPSA) is 18.5 Å². The van der Waals surface area contributed by atoms with Gasteiger partial charge in [-0.25, -0.2) is 0 Å². The van der Waals surface area contributed by atoms with E-state index < -0.39 is 0 Å². The summed E-state index contributed by atoms with van der Waals surface area (Å²) >= 11 is 6.53. The maximum absolute atomic E-state index is 6.53. The summed E-state index contributed by atoms with van der Waals surface area (Å²) in [4.78, 5) is 4.85. The summed E-state index contributed by atoms with van der Waals surface area (Å²) in [6.45, 7) is 11.8. The molecule has 3 nitrogen and oxygen atoms in total. The minimum absolute atomic E-state index is 0.489. The lowest BCUT2D eigenvalue weighted by Gasteiger charge is -2.43. The smallest absolute Gasteiger partial charge is 0.0642 e. The van der Waals surface area contributed by atoms with Crippen LogP contribution in [0.2, 0.25) is 5.02 Å². The number of halogens is 1. The third-order valence-corrected chi connectivity index (χ3v) is 4.73. The number of hydrogen-bond donors (Lipinski definition) is 1. The highest BCUT2D eigenvalue weighted by molar-refractivity contribution is 6.33. The second kappa shape index (κ2) is 6.99. The summed E-state index contributed by atoms with van der Waals surface area (Å²) < 4.78 is 0. The van der Waals surface area contributed by atoms with E-state index in [1.54, 1.807) is 0 Å². The van der Waals surface area contributed by atoms with Crippen molar-refractivity contribution in [2.24, 2.45) is 0 Å². The van der Waals surface area contributed by atoms with Gasteiger partial charge in [-0.3, -0.25) is 4.90 Å². The average Bonchev–Trinajstić information content (AvgIpc) is 2.42. The van der Waals surface area contributed by atoms with Crippen LogP contribution in [0, 0.1) is 0 Å². The standard InChI is InChI=1S/C17H28ClN3/c1-12(2)19-9-15-6-7-17(16(18)8-15)21-10-13(3)20(5)14(4)11-21/h6-8,12-14,19H,9-11H2,1-5H3. The predicted octanol–water partition coefficient (Wildman–Crippen LogP) is 3.37. The van der Waals surface area contributed by atoms with E-state index in [9.17, 15) is 0 Å². The second-order valence-electron chi connectivity index (χ2n) is 6.59. The second-order valence-corrected chi connectivity index (χ2v) is 7.00. The molecule has 0 bridgehead atoms. The molecule has 4 heteroatoms. The lowest BCUT2D eigenvalue weighted by atomic mass is 10.1. The highest BCUT2D eigenvalue weighted by Crippen LogP contribution is 2.29. The van der Waals surface area contributed by atoms with E-state index in [4.69, 9.17) is 11.6 Å². The van der Waals surface area contributed by atoms with Gasteiger partial charge in [0.15, 0.2) is 0 Å². The van der Waals surface area contributed by atoms with Crippen LogP contribution in [0.1, 0.15) is 33.3 Å². The van der Waals surface area contributed by atoms with Gasteiger partial charge in [-0.2, -0.15) is 0 Å². The number of hydrogen-bond acceptors (Lipinski definition) is 3. The van der Waals surface area contributed by atoms with E-state index in [1.807, 2.05) is 0 Å². The summed E-state index contributed by atoms with van der Waals surface area (Å²) in [6, 6.07) is 8.04. The molecule has 0 spiro atoms. The number of rotatable bonds is 4. The molecule has 2 unspecified atom stereocenters. The van der Waals surface area contributed by atoms with Crippen LogP contribution in [0.4, 0.5) is 5.69 Å². The lowest BCUT2D eigenvalue weighted by molar-refractivity contribution is 0.170. The Labute approximate surface area is 134 Å². The molecule has 118 valence electrons. The van der Waals surface area contributed by atoms with E-state index in [2.05, 4.69) is 68.1 Å². The van der Waals surface area contributed by atoms with Gasteiger partial charge in [0.05, 0.1) is 10.7 Å². The third-order valence-electron chi connectivity index (χ3n) is 4.43. The van der Waals surface area contributed by atoms with Gasteiger partial charge in [0.1, 0.15) is 0 Å². The van der Waals surface area contributed by atoms with E-state index in [0.29, 0.717) is 18.1 Å². The summed E-state index contributed by atoms with van der Waals surface area (Å²) in [6.07, 6.45) is 0. The van der Waals surface area contributed by atoms with Crippen LogP contribution in [0.3, 0.4) is 0 Å². The van der Waals surface area contributed by atoms with Crippen LogP contribution >= 0.6 is 11.6 Å². The fourth-order valence-electron chi connectivity index (χ4n) is 2.84. The average molecular weight is 310 g/mol. The van der Waals surface area contributed by atoms with Crippen molar-refractivity contribution in [1.82, 2.24) is 10.2 Å². The summed E-state index contributed by atoms with van der Waals surface area (Å²) in [5.74, 6) is 0. The molecule has 0 aromatic heterocycles. The Morgan fingerprint density at radius 3 is 2.38 bits per heavy atom. The summed E-state index contributed by atoms with van der Waals surface area (Å²) in [7, 11) is 2.20. The van der Waals surface area contributed by atoms with Gasteiger partial charge in [-0.05, 0) is 38.6 Å². The molecule has 0 aliphatic carbocycles. The zero-order valence-corrected chi connectivity index (χ0v) is 14.6. The molecule has 0 radical (unpaired) electrons. The van der Waals surface area contributed by atoms with Crippen molar-refractivity contribution >= 4 is 17.3 Å². The van der Waals surface area contributed by atoms with Crippen molar-refractivity contribution < 1.29 is 0 Å². The first-order valence-corrected chi connectivity index (χ1v) is 8.25. The van der Waals surface area contributed by atoms with E-state index >= 15 is 0 Å². The van der Waals surface area contributed by atoms with Gasteiger partial charge in [-0.1, -0.05) is 31.5 Å². The van der Waals surface area contributed by atoms with Gasteiger partial charge in [0, 0.05) is 37.8 Å². The number of nitrogens with zero attached hydrogens (tertiary/aromatic N) is 2. The number of piperazine rings is 1. The SMILES string of the molecule is CC(C)NCc1ccc(N2CC(C)N(C)C(C)C2)c(Cl)c1. The van der Waals surface area contributed by atoms with Crippen molar-refractivity contribution in [3.8, 4) is 0 Å². The molecule has 1 aromatic rings. The van der Waals surface area contributed by atoms with Crippen LogP contribution in [0.15, 0.2) is 18.2 Å². The highest BCUT2D eigenvalue weighted by Gasteiger charge is 2.27. The molecule has 1 saturated heterocycles. The van der Waals surface area contributed by atoms with Gasteiger partial charge in [0.2, 0.25) is 0 Å². The zero-order valence-electron chi connectivity index (χ0n) is 13.9. The van der Waals surface area contributed by atoms with Crippen molar-refractivity contribution in [2.45, 2.75) is 52.4 Å². The first-order valence-electron chi connectivity index (χ1n) is 7.87. The maximum Gasteiger partial charge on any atom is 0.0642 e. The molecule has 1 aliphatic heterocycles. The summed E-state index contributed by atoms with van der Waals surface area (Å²) in [5.41, 5.74) is 2.41. The Kier molecular flexibility index (Phi) is 5.53. The van der Waals surface area contributed by atoms with Crippen molar-refractivity contribution in [3.05, 3.63) is 28.8 Å². The molecule has 0 amide bonds. The quantitative estimate of drug-likeness (QED) is 0.920. The van der Waals surface area contributed by atoms with Crippen LogP contribution in [-0.4, -0.2) is 43.2 Å². The largest absolute Gasteiger partial charge is 0.367 e. The fourth-order valence-corrected chi connectivity index (χ4v) is 3.16. The molecule has 1 aliphatic rings. The minimum atomic E-state index is 0.489. The minimum Gasteiger partial charge on any atom is -0.367 e. The van der Waals surface area contributed by atoms with Gasteiger partial charge in [0.25, 0.3) is 0 Å². The van der Waals surface area contributed by atoms with Crippen LogP contribution in [0.5, 0.6) is 0 Å². The first kappa shape index (κ1) is 16.6. The Bertz CT molecular complexity index is 463. The van der Waals surface area contributed by atoms with E-state index in [1.165, 1.54) is 5.56 Å². The Morgan fingerprint density at radius 1 is 1.24 bits per heavy atom. The number of benzene rings is 1. The molecule has 0 saturated carbocycles. The van der Waals surface area contributed by atoms with E-state index in [0.717, 1.165) is 30.3 Å². The van der Waals surface area contributed by atoms with Gasteiger partial charge < -0.3 is 10.2 Å². The highest BCUT2D eigenvalue weighted by atomic mass is 35.5. The predicted molar refractivity (Wildman–Crippen MR) is 92.3 cm³/mol. The number of nitrogens with one attached hydrogen (secondary N) is 1. The third kappa shape index (κ3) is 4.12.